The Kier molecular flexibility index (Phi) is 4.38. The van der Waals surface area contributed by atoms with Gasteiger partial charge in [-0.15, -0.1) is 0 Å². The quantitative estimate of drug-likeness (QED) is 0.786. The third-order valence-electron chi connectivity index (χ3n) is 4.22. The van der Waals surface area contributed by atoms with Gasteiger partial charge in [0.2, 0.25) is 5.91 Å². The fourth-order valence-electron chi connectivity index (χ4n) is 3.09. The molecule has 2 N–H and O–H groups in total. The summed E-state index contributed by atoms with van der Waals surface area (Å²) in [5.41, 5.74) is 0.347. The lowest BCUT2D eigenvalue weighted by Gasteiger charge is -2.22. The van der Waals surface area contributed by atoms with Crippen LogP contribution in [-0.2, 0) is 14.3 Å². The Balaban J connectivity index is 1.87. The number of rotatable bonds is 5. The number of fused-ring (bicyclic) bond motifs is 2. The van der Waals surface area contributed by atoms with E-state index in [1.54, 1.807) is 12.2 Å². The van der Waals surface area contributed by atoms with Gasteiger partial charge in [0, 0.05) is 12.1 Å². The van der Waals surface area contributed by atoms with Crippen LogP contribution in [0.1, 0.15) is 0 Å². The molecule has 2 bridgehead atoms. The van der Waals surface area contributed by atoms with Crippen molar-refractivity contribution in [2.24, 2.45) is 11.8 Å². The van der Waals surface area contributed by atoms with Gasteiger partial charge in [0.25, 0.3) is 0 Å². The molecule has 0 aliphatic carbocycles. The fourth-order valence-corrected chi connectivity index (χ4v) is 3.32. The molecule has 0 spiro atoms. The van der Waals surface area contributed by atoms with Crippen molar-refractivity contribution in [1.29, 1.82) is 0 Å². The third-order valence-corrected chi connectivity index (χ3v) is 4.51. The lowest BCUT2D eigenvalue weighted by molar-refractivity contribution is -0.145. The monoisotopic (exact) mass is 353 g/mol. The molecule has 2 heterocycles. The molecule has 1 amide bonds. The molecule has 0 unspecified atom stereocenters. The number of carboxylic acids is 1. The van der Waals surface area contributed by atoms with Crippen LogP contribution >= 0.6 is 11.6 Å². The van der Waals surface area contributed by atoms with E-state index in [2.05, 4.69) is 5.32 Å². The van der Waals surface area contributed by atoms with Gasteiger partial charge < -0.3 is 24.6 Å². The first-order valence-electron chi connectivity index (χ1n) is 7.25. The van der Waals surface area contributed by atoms with Crippen LogP contribution in [0.25, 0.3) is 0 Å². The number of amides is 1. The standard InChI is InChI=1S/C16H16ClNO6/c1-22-11-6-8(12(23-2)5-7(11)17)18-15(19)13-9-3-4-10(24-9)14(13)16(20)21/h3-6,9-10,13-14H,1-2H3,(H,18,19)(H,20,21)/t9-,10+,13+,14+/m1/s1. The van der Waals surface area contributed by atoms with E-state index in [9.17, 15) is 14.7 Å². The molecule has 1 fully saturated rings. The third kappa shape index (κ3) is 2.70. The normalized spacial score (nSPS) is 27.1. The molecule has 2 aliphatic heterocycles. The van der Waals surface area contributed by atoms with Crippen LogP contribution in [0, 0.1) is 11.8 Å². The van der Waals surface area contributed by atoms with Crippen molar-refractivity contribution < 1.29 is 28.9 Å². The highest BCUT2D eigenvalue weighted by molar-refractivity contribution is 6.32. The zero-order valence-corrected chi connectivity index (χ0v) is 13.7. The fraction of sp³-hybridized carbons (Fsp3) is 0.375. The minimum absolute atomic E-state index is 0.335. The van der Waals surface area contributed by atoms with Crippen LogP contribution in [0.2, 0.25) is 5.02 Å². The predicted octanol–water partition coefficient (Wildman–Crippen LogP) is 1.95. The van der Waals surface area contributed by atoms with Crippen LogP contribution < -0.4 is 14.8 Å². The average Bonchev–Trinajstić information content (AvgIpc) is 3.16. The van der Waals surface area contributed by atoms with Crippen LogP contribution in [0.5, 0.6) is 11.5 Å². The number of carboxylic acid groups (broad SMARTS) is 1. The molecule has 4 atom stereocenters. The Morgan fingerprint density at radius 2 is 1.75 bits per heavy atom. The predicted molar refractivity (Wildman–Crippen MR) is 85.6 cm³/mol. The molecule has 128 valence electrons. The second kappa shape index (κ2) is 6.33. The first kappa shape index (κ1) is 16.6. The molecule has 3 rings (SSSR count). The zero-order chi connectivity index (χ0) is 17.4. The number of hydrogen-bond acceptors (Lipinski definition) is 5. The minimum Gasteiger partial charge on any atom is -0.495 e. The van der Waals surface area contributed by atoms with E-state index in [0.717, 1.165) is 0 Å². The summed E-state index contributed by atoms with van der Waals surface area (Å²) in [4.78, 5) is 24.1. The first-order chi connectivity index (χ1) is 11.5. The van der Waals surface area contributed by atoms with Crippen molar-refractivity contribution in [2.75, 3.05) is 19.5 Å². The number of benzene rings is 1. The van der Waals surface area contributed by atoms with Crippen molar-refractivity contribution in [3.63, 3.8) is 0 Å². The zero-order valence-electron chi connectivity index (χ0n) is 13.0. The number of carbonyl (C=O) groups excluding carboxylic acids is 1. The van der Waals surface area contributed by atoms with Crippen molar-refractivity contribution in [3.05, 3.63) is 29.3 Å². The van der Waals surface area contributed by atoms with Gasteiger partial charge in [-0.05, 0) is 0 Å². The maximum Gasteiger partial charge on any atom is 0.310 e. The van der Waals surface area contributed by atoms with Gasteiger partial charge >= 0.3 is 5.97 Å². The molecule has 1 saturated heterocycles. The maximum absolute atomic E-state index is 12.7. The molecule has 2 aliphatic rings. The highest BCUT2D eigenvalue weighted by atomic mass is 35.5. The number of hydrogen-bond donors (Lipinski definition) is 2. The average molecular weight is 354 g/mol. The summed E-state index contributed by atoms with van der Waals surface area (Å²) in [6.45, 7) is 0. The van der Waals surface area contributed by atoms with Crippen LogP contribution in [0.3, 0.4) is 0 Å². The molecule has 24 heavy (non-hydrogen) atoms. The molecule has 0 aromatic heterocycles. The summed E-state index contributed by atoms with van der Waals surface area (Å²) in [5.74, 6) is -2.54. The number of carbonyl (C=O) groups is 2. The Hall–Kier alpha value is -2.25. The van der Waals surface area contributed by atoms with E-state index in [1.807, 2.05) is 0 Å². The van der Waals surface area contributed by atoms with Crippen LogP contribution in [-0.4, -0.2) is 43.4 Å². The molecule has 8 heteroatoms. The van der Waals surface area contributed by atoms with Gasteiger partial charge in [-0.3, -0.25) is 9.59 Å². The molecular formula is C16H16ClNO6. The summed E-state index contributed by atoms with van der Waals surface area (Å²) >= 11 is 6.04. The number of aliphatic carboxylic acids is 1. The van der Waals surface area contributed by atoms with E-state index in [0.29, 0.717) is 22.2 Å². The molecule has 0 radical (unpaired) electrons. The van der Waals surface area contributed by atoms with E-state index in [1.165, 1.54) is 26.4 Å². The highest BCUT2D eigenvalue weighted by Crippen LogP contribution is 2.41. The Morgan fingerprint density at radius 3 is 2.33 bits per heavy atom. The van der Waals surface area contributed by atoms with Gasteiger partial charge in [0.1, 0.15) is 17.4 Å². The largest absolute Gasteiger partial charge is 0.495 e. The molecule has 1 aromatic rings. The summed E-state index contributed by atoms with van der Waals surface area (Å²) in [6.07, 6.45) is 2.27. The van der Waals surface area contributed by atoms with Crippen molar-refractivity contribution in [3.8, 4) is 11.5 Å². The Bertz CT molecular complexity index is 719. The van der Waals surface area contributed by atoms with Gasteiger partial charge in [0.05, 0.1) is 43.1 Å². The van der Waals surface area contributed by atoms with Crippen molar-refractivity contribution in [1.82, 2.24) is 0 Å². The molecule has 1 aromatic carbocycles. The van der Waals surface area contributed by atoms with E-state index >= 15 is 0 Å². The first-order valence-corrected chi connectivity index (χ1v) is 7.63. The van der Waals surface area contributed by atoms with Crippen LogP contribution in [0.15, 0.2) is 24.3 Å². The Labute approximate surface area is 143 Å². The second-order valence-electron chi connectivity index (χ2n) is 5.52. The number of halogens is 1. The van der Waals surface area contributed by atoms with Gasteiger partial charge in [-0.25, -0.2) is 0 Å². The highest BCUT2D eigenvalue weighted by Gasteiger charge is 2.53. The van der Waals surface area contributed by atoms with Crippen LogP contribution in [0.4, 0.5) is 5.69 Å². The smallest absolute Gasteiger partial charge is 0.310 e. The minimum atomic E-state index is -1.06. The lowest BCUT2D eigenvalue weighted by atomic mass is 9.82. The number of anilines is 1. The van der Waals surface area contributed by atoms with Gasteiger partial charge in [-0.1, -0.05) is 23.8 Å². The van der Waals surface area contributed by atoms with E-state index in [4.69, 9.17) is 25.8 Å². The number of ether oxygens (including phenoxy) is 3. The van der Waals surface area contributed by atoms with Gasteiger partial charge in [-0.2, -0.15) is 0 Å². The SMILES string of the molecule is COc1cc(NC(=O)[C@@H]2[C@@H](C(=O)O)[C@@H]3C=C[C@H]2O3)c(OC)cc1Cl. The summed E-state index contributed by atoms with van der Waals surface area (Å²) < 4.78 is 15.8. The molecule has 7 nitrogen and oxygen atoms in total. The van der Waals surface area contributed by atoms with Crippen molar-refractivity contribution in [2.45, 2.75) is 12.2 Å². The summed E-state index contributed by atoms with van der Waals surface area (Å²) in [7, 11) is 2.89. The lowest BCUT2D eigenvalue weighted by Crippen LogP contribution is -2.39. The number of nitrogens with one attached hydrogen (secondary N) is 1. The summed E-state index contributed by atoms with van der Waals surface area (Å²) in [5, 5.41) is 12.4. The van der Waals surface area contributed by atoms with Crippen molar-refractivity contribution >= 4 is 29.2 Å². The molecular weight excluding hydrogens is 338 g/mol. The topological polar surface area (TPSA) is 94.1 Å². The van der Waals surface area contributed by atoms with E-state index in [-0.39, 0.29) is 0 Å². The second-order valence-corrected chi connectivity index (χ2v) is 5.92. The maximum atomic E-state index is 12.7. The number of methoxy groups -OCH3 is 2. The summed E-state index contributed by atoms with van der Waals surface area (Å²) in [6, 6.07) is 3.04. The Morgan fingerprint density at radius 1 is 1.12 bits per heavy atom. The van der Waals surface area contributed by atoms with Gasteiger partial charge in [0.15, 0.2) is 0 Å². The molecule has 0 saturated carbocycles. The van der Waals surface area contributed by atoms with E-state index < -0.39 is 35.9 Å².